The van der Waals surface area contributed by atoms with Crippen molar-refractivity contribution < 1.29 is 19.7 Å². The van der Waals surface area contributed by atoms with Crippen LogP contribution in [-0.2, 0) is 11.2 Å². The number of aliphatic hydroxyl groups is 2. The topological polar surface area (TPSA) is 84.7 Å². The lowest BCUT2D eigenvalue weighted by molar-refractivity contribution is -0.117. The Morgan fingerprint density at radius 1 is 0.594 bits per heavy atom. The second kappa shape index (κ2) is 8.78. The Kier molecular flexibility index (Phi) is 5.90. The number of hydrogen-bond acceptors (Lipinski definition) is 6. The van der Waals surface area contributed by atoms with Crippen LogP contribution in [-0.4, -0.2) is 34.4 Å². The third-order valence-corrected chi connectivity index (χ3v) is 5.58. The molecule has 0 spiro atoms. The number of pyridine rings is 2. The van der Waals surface area contributed by atoms with Gasteiger partial charge in [-0.2, -0.15) is 0 Å². The van der Waals surface area contributed by atoms with E-state index in [4.69, 9.17) is 9.47 Å². The summed E-state index contributed by atoms with van der Waals surface area (Å²) in [6, 6.07) is 24.4. The number of hydrogen-bond donors (Lipinski definition) is 2. The average Bonchev–Trinajstić information content (AvgIpc) is 2.88. The van der Waals surface area contributed by atoms with Gasteiger partial charge in [-0.1, -0.05) is 60.7 Å². The molecule has 162 valence electrons. The van der Waals surface area contributed by atoms with E-state index in [-0.39, 0.29) is 11.4 Å². The Hall–Kier alpha value is -3.74. The van der Waals surface area contributed by atoms with Crippen LogP contribution in [0.5, 0.6) is 11.5 Å². The third kappa shape index (κ3) is 3.49. The van der Waals surface area contributed by atoms with Crippen molar-refractivity contribution >= 4 is 0 Å². The summed E-state index contributed by atoms with van der Waals surface area (Å²) in [4.78, 5) is 8.89. The maximum absolute atomic E-state index is 12.5. The molecule has 0 aliphatic rings. The maximum Gasteiger partial charge on any atom is 0.170 e. The molecule has 2 unspecified atom stereocenters. The van der Waals surface area contributed by atoms with Crippen molar-refractivity contribution in [2.45, 2.75) is 11.2 Å². The largest absolute Gasteiger partial charge is 0.497 e. The molecule has 4 rings (SSSR count). The first-order chi connectivity index (χ1) is 15.5. The summed E-state index contributed by atoms with van der Waals surface area (Å²) >= 11 is 0. The summed E-state index contributed by atoms with van der Waals surface area (Å²) in [5.74, 6) is 0.997. The van der Waals surface area contributed by atoms with Crippen molar-refractivity contribution in [2.75, 3.05) is 14.2 Å². The van der Waals surface area contributed by atoms with Gasteiger partial charge < -0.3 is 19.7 Å². The van der Waals surface area contributed by atoms with Gasteiger partial charge in [-0.05, 0) is 23.3 Å². The number of aromatic nitrogens is 2. The number of rotatable bonds is 7. The zero-order valence-electron chi connectivity index (χ0n) is 17.8. The van der Waals surface area contributed by atoms with E-state index in [0.717, 1.165) is 0 Å². The predicted molar refractivity (Wildman–Crippen MR) is 120 cm³/mol. The number of ether oxygens (including phenoxy) is 2. The fraction of sp³-hybridized carbons (Fsp3) is 0.154. The van der Waals surface area contributed by atoms with E-state index >= 15 is 0 Å². The fourth-order valence-corrected chi connectivity index (χ4v) is 3.91. The second-order valence-corrected chi connectivity index (χ2v) is 7.31. The quantitative estimate of drug-likeness (QED) is 0.467. The highest BCUT2D eigenvalue weighted by Gasteiger charge is 2.56. The van der Waals surface area contributed by atoms with Gasteiger partial charge in [-0.25, -0.2) is 0 Å². The summed E-state index contributed by atoms with van der Waals surface area (Å²) in [7, 11) is 3.07. The zero-order valence-corrected chi connectivity index (χ0v) is 17.8. The van der Waals surface area contributed by atoms with E-state index in [1.165, 1.54) is 26.6 Å². The van der Waals surface area contributed by atoms with Crippen molar-refractivity contribution in [1.82, 2.24) is 9.97 Å². The van der Waals surface area contributed by atoms with Gasteiger partial charge in [0.1, 0.15) is 11.5 Å². The van der Waals surface area contributed by atoms with Gasteiger partial charge in [0, 0.05) is 24.5 Å². The predicted octanol–water partition coefficient (Wildman–Crippen LogP) is 3.67. The minimum Gasteiger partial charge on any atom is -0.497 e. The fourth-order valence-electron chi connectivity index (χ4n) is 3.91. The lowest BCUT2D eigenvalue weighted by Crippen LogP contribution is -2.52. The standard InChI is InChI=1S/C26H24N2O4/c1-31-21-13-15-27-23(17-21)25(29,19-9-5-3-6-10-19)26(30,20-11-7-4-8-12-20)24-18-22(32-2)14-16-28-24/h3-18,29-30H,1-2H3. The molecule has 2 atom stereocenters. The van der Waals surface area contributed by atoms with Crippen molar-refractivity contribution in [1.29, 1.82) is 0 Å². The molecule has 0 radical (unpaired) electrons. The van der Waals surface area contributed by atoms with Crippen LogP contribution in [0.3, 0.4) is 0 Å². The SMILES string of the molecule is COc1ccnc(C(O)(c2ccccc2)C(O)(c2ccccc2)c2cc(OC)ccn2)c1. The number of nitrogens with zero attached hydrogens (tertiary/aromatic N) is 2. The normalized spacial score (nSPS) is 14.8. The van der Waals surface area contributed by atoms with E-state index in [2.05, 4.69) is 9.97 Å². The Morgan fingerprint density at radius 2 is 0.969 bits per heavy atom. The molecule has 4 aromatic rings. The first-order valence-electron chi connectivity index (χ1n) is 10.1. The first kappa shape index (κ1) is 21.5. The van der Waals surface area contributed by atoms with Crippen LogP contribution in [0, 0.1) is 0 Å². The molecule has 6 heteroatoms. The molecule has 2 N–H and O–H groups in total. The van der Waals surface area contributed by atoms with Crippen molar-refractivity contribution in [2.24, 2.45) is 0 Å². The zero-order chi connectivity index (χ0) is 22.6. The van der Waals surface area contributed by atoms with Gasteiger partial charge in [0.05, 0.1) is 25.6 Å². The Labute approximate surface area is 186 Å². The molecule has 2 aromatic carbocycles. The molecule has 0 aliphatic heterocycles. The van der Waals surface area contributed by atoms with E-state index in [1.54, 1.807) is 72.8 Å². The van der Waals surface area contributed by atoms with E-state index in [0.29, 0.717) is 22.6 Å². The molecule has 0 saturated carbocycles. The third-order valence-electron chi connectivity index (χ3n) is 5.58. The maximum atomic E-state index is 12.5. The van der Waals surface area contributed by atoms with Crippen molar-refractivity contribution in [3.63, 3.8) is 0 Å². The molecular formula is C26H24N2O4. The molecule has 32 heavy (non-hydrogen) atoms. The summed E-state index contributed by atoms with van der Waals surface area (Å²) in [5.41, 5.74) is -2.75. The smallest absolute Gasteiger partial charge is 0.170 e. The summed E-state index contributed by atoms with van der Waals surface area (Å²) in [6.45, 7) is 0. The minimum absolute atomic E-state index is 0.207. The Bertz CT molecular complexity index is 1090. The molecule has 0 bridgehead atoms. The monoisotopic (exact) mass is 428 g/mol. The van der Waals surface area contributed by atoms with E-state index < -0.39 is 11.2 Å². The highest BCUT2D eigenvalue weighted by Crippen LogP contribution is 2.49. The van der Waals surface area contributed by atoms with Crippen molar-refractivity contribution in [3.05, 3.63) is 120 Å². The second-order valence-electron chi connectivity index (χ2n) is 7.31. The molecule has 6 nitrogen and oxygen atoms in total. The molecular weight excluding hydrogens is 404 g/mol. The molecule has 2 heterocycles. The van der Waals surface area contributed by atoms with Gasteiger partial charge in [-0.3, -0.25) is 9.97 Å². The lowest BCUT2D eigenvalue weighted by Gasteiger charge is -2.43. The molecule has 0 aliphatic carbocycles. The minimum atomic E-state index is -2.02. The van der Waals surface area contributed by atoms with Crippen LogP contribution in [0.1, 0.15) is 22.5 Å². The summed E-state index contributed by atoms with van der Waals surface area (Å²) < 4.78 is 10.8. The Morgan fingerprint density at radius 3 is 1.31 bits per heavy atom. The van der Waals surface area contributed by atoms with Crippen LogP contribution in [0.4, 0.5) is 0 Å². The van der Waals surface area contributed by atoms with Crippen LogP contribution in [0.15, 0.2) is 97.3 Å². The summed E-state index contributed by atoms with van der Waals surface area (Å²) in [6.07, 6.45) is 3.07. The molecule has 0 saturated heterocycles. The first-order valence-corrected chi connectivity index (χ1v) is 10.1. The number of benzene rings is 2. The highest BCUT2D eigenvalue weighted by atomic mass is 16.5. The van der Waals surface area contributed by atoms with Gasteiger partial charge in [-0.15, -0.1) is 0 Å². The number of methoxy groups -OCH3 is 2. The molecule has 0 fully saturated rings. The van der Waals surface area contributed by atoms with Crippen LogP contribution < -0.4 is 9.47 Å². The van der Waals surface area contributed by atoms with Crippen LogP contribution in [0.25, 0.3) is 0 Å². The Balaban J connectivity index is 2.10. The van der Waals surface area contributed by atoms with Crippen molar-refractivity contribution in [3.8, 4) is 11.5 Å². The van der Waals surface area contributed by atoms with Crippen LogP contribution in [0.2, 0.25) is 0 Å². The van der Waals surface area contributed by atoms with Crippen LogP contribution >= 0.6 is 0 Å². The summed E-state index contributed by atoms with van der Waals surface area (Å²) in [5, 5.41) is 25.0. The molecule has 0 amide bonds. The van der Waals surface area contributed by atoms with Gasteiger partial charge in [0.25, 0.3) is 0 Å². The van der Waals surface area contributed by atoms with E-state index in [1.807, 2.05) is 12.1 Å². The van der Waals surface area contributed by atoms with Gasteiger partial charge in [0.2, 0.25) is 0 Å². The van der Waals surface area contributed by atoms with Gasteiger partial charge >= 0.3 is 0 Å². The lowest BCUT2D eigenvalue weighted by atomic mass is 9.69. The van der Waals surface area contributed by atoms with E-state index in [9.17, 15) is 10.2 Å². The molecule has 2 aromatic heterocycles. The highest BCUT2D eigenvalue weighted by molar-refractivity contribution is 5.49. The average molecular weight is 428 g/mol. The van der Waals surface area contributed by atoms with Gasteiger partial charge in [0.15, 0.2) is 11.2 Å².